The number of ether oxygens (including phenoxy) is 1. The van der Waals surface area contributed by atoms with Gasteiger partial charge in [-0.25, -0.2) is 19.3 Å². The summed E-state index contributed by atoms with van der Waals surface area (Å²) in [6.07, 6.45) is 3.07. The van der Waals surface area contributed by atoms with Gasteiger partial charge in [0.15, 0.2) is 0 Å². The lowest BCUT2D eigenvalue weighted by molar-refractivity contribution is 0.397. The zero-order valence-electron chi connectivity index (χ0n) is 11.4. The van der Waals surface area contributed by atoms with Gasteiger partial charge in [-0.2, -0.15) is 0 Å². The lowest BCUT2D eigenvalue weighted by Gasteiger charge is -2.08. The van der Waals surface area contributed by atoms with E-state index in [-0.39, 0.29) is 5.82 Å². The minimum absolute atomic E-state index is 0.308. The zero-order chi connectivity index (χ0) is 14.7. The van der Waals surface area contributed by atoms with Crippen LogP contribution in [0.3, 0.4) is 0 Å². The smallest absolute Gasteiger partial charge is 0.212 e. The van der Waals surface area contributed by atoms with Gasteiger partial charge in [0.25, 0.3) is 0 Å². The number of fused-ring (bicyclic) bond motifs is 1. The second-order valence-electron chi connectivity index (χ2n) is 4.42. The molecule has 0 amide bonds. The average molecular weight is 284 g/mol. The molecular formula is C15H13FN4O. The van der Waals surface area contributed by atoms with E-state index in [0.29, 0.717) is 29.1 Å². The highest BCUT2D eigenvalue weighted by molar-refractivity contribution is 5.89. The average Bonchev–Trinajstić information content (AvgIpc) is 2.54. The van der Waals surface area contributed by atoms with Crippen molar-refractivity contribution in [3.05, 3.63) is 54.2 Å². The minimum Gasteiger partial charge on any atom is -0.481 e. The van der Waals surface area contributed by atoms with Crippen LogP contribution >= 0.6 is 0 Å². The van der Waals surface area contributed by atoms with Crippen LogP contribution in [0.15, 0.2) is 42.9 Å². The van der Waals surface area contributed by atoms with E-state index in [1.807, 2.05) is 6.07 Å². The van der Waals surface area contributed by atoms with Crippen LogP contribution in [0.2, 0.25) is 0 Å². The van der Waals surface area contributed by atoms with E-state index >= 15 is 0 Å². The predicted molar refractivity (Wildman–Crippen MR) is 77.6 cm³/mol. The molecule has 0 aliphatic heterocycles. The molecule has 5 nitrogen and oxygen atoms in total. The molecule has 0 atom stereocenters. The molecule has 6 heteroatoms. The van der Waals surface area contributed by atoms with Gasteiger partial charge in [0, 0.05) is 24.2 Å². The Bertz CT molecular complexity index is 761. The first-order valence-corrected chi connectivity index (χ1v) is 6.40. The van der Waals surface area contributed by atoms with Gasteiger partial charge in [-0.05, 0) is 17.7 Å². The first-order chi connectivity index (χ1) is 10.3. The van der Waals surface area contributed by atoms with Crippen molar-refractivity contribution in [2.45, 2.75) is 6.54 Å². The molecule has 0 aliphatic carbocycles. The summed E-state index contributed by atoms with van der Waals surface area (Å²) in [5, 5.41) is 3.82. The topological polar surface area (TPSA) is 59.9 Å². The van der Waals surface area contributed by atoms with Crippen LogP contribution in [0.25, 0.3) is 10.9 Å². The van der Waals surface area contributed by atoms with Crippen LogP contribution in [0, 0.1) is 5.82 Å². The monoisotopic (exact) mass is 284 g/mol. The molecule has 0 saturated carbocycles. The van der Waals surface area contributed by atoms with Crippen LogP contribution in [-0.4, -0.2) is 22.1 Å². The second kappa shape index (κ2) is 5.70. The van der Waals surface area contributed by atoms with Crippen molar-refractivity contribution in [3.63, 3.8) is 0 Å². The van der Waals surface area contributed by atoms with Crippen molar-refractivity contribution >= 4 is 16.7 Å². The van der Waals surface area contributed by atoms with E-state index in [1.165, 1.54) is 12.4 Å². The maximum atomic E-state index is 13.7. The highest BCUT2D eigenvalue weighted by Crippen LogP contribution is 2.21. The molecule has 106 valence electrons. The number of anilines is 1. The van der Waals surface area contributed by atoms with E-state index in [1.54, 1.807) is 31.5 Å². The van der Waals surface area contributed by atoms with Crippen LogP contribution < -0.4 is 10.1 Å². The van der Waals surface area contributed by atoms with Gasteiger partial charge < -0.3 is 10.1 Å². The lowest BCUT2D eigenvalue weighted by atomic mass is 10.2. The highest BCUT2D eigenvalue weighted by atomic mass is 19.1. The van der Waals surface area contributed by atoms with Crippen molar-refractivity contribution in [2.75, 3.05) is 12.4 Å². The molecule has 0 radical (unpaired) electrons. The minimum atomic E-state index is -0.357. The number of halogens is 1. The number of hydrogen-bond acceptors (Lipinski definition) is 5. The van der Waals surface area contributed by atoms with Crippen molar-refractivity contribution in [1.29, 1.82) is 0 Å². The number of benzene rings is 1. The Hall–Kier alpha value is -2.76. The van der Waals surface area contributed by atoms with Gasteiger partial charge in [0.05, 0.1) is 7.11 Å². The zero-order valence-corrected chi connectivity index (χ0v) is 11.4. The fraction of sp³-hybridized carbons (Fsp3) is 0.133. The van der Waals surface area contributed by atoms with Gasteiger partial charge in [-0.3, -0.25) is 0 Å². The summed E-state index contributed by atoms with van der Waals surface area (Å²) in [6, 6.07) is 8.50. The summed E-state index contributed by atoms with van der Waals surface area (Å²) in [5.74, 6) is 0.799. The Labute approximate surface area is 120 Å². The first-order valence-electron chi connectivity index (χ1n) is 6.40. The standard InChI is InChI=1S/C15H13FN4O/c1-21-13-6-5-10(7-17-13)8-18-15-11-3-2-4-12(16)14(11)19-9-20-15/h2-7,9H,8H2,1H3,(H,18,19,20). The van der Waals surface area contributed by atoms with Gasteiger partial charge in [0.2, 0.25) is 5.88 Å². The summed E-state index contributed by atoms with van der Waals surface area (Å²) in [5.41, 5.74) is 1.28. The number of para-hydroxylation sites is 1. The van der Waals surface area contributed by atoms with Gasteiger partial charge in [0.1, 0.15) is 23.5 Å². The van der Waals surface area contributed by atoms with Crippen LogP contribution in [0.1, 0.15) is 5.56 Å². The molecular weight excluding hydrogens is 271 g/mol. The molecule has 0 spiro atoms. The van der Waals surface area contributed by atoms with E-state index in [0.717, 1.165) is 5.56 Å². The van der Waals surface area contributed by atoms with Crippen LogP contribution in [-0.2, 0) is 6.54 Å². The van der Waals surface area contributed by atoms with Gasteiger partial charge in [-0.15, -0.1) is 0 Å². The van der Waals surface area contributed by atoms with Crippen molar-refractivity contribution in [3.8, 4) is 5.88 Å². The molecule has 3 rings (SSSR count). The Balaban J connectivity index is 1.83. The van der Waals surface area contributed by atoms with Gasteiger partial charge >= 0.3 is 0 Å². The van der Waals surface area contributed by atoms with E-state index in [4.69, 9.17) is 4.74 Å². The molecule has 3 aromatic rings. The maximum absolute atomic E-state index is 13.7. The number of methoxy groups -OCH3 is 1. The number of nitrogens with zero attached hydrogens (tertiary/aromatic N) is 3. The van der Waals surface area contributed by atoms with Crippen molar-refractivity contribution in [2.24, 2.45) is 0 Å². The molecule has 0 aliphatic rings. The fourth-order valence-electron chi connectivity index (χ4n) is 2.01. The third-order valence-electron chi connectivity index (χ3n) is 3.08. The highest BCUT2D eigenvalue weighted by Gasteiger charge is 2.07. The lowest BCUT2D eigenvalue weighted by Crippen LogP contribution is -2.03. The molecule has 0 fully saturated rings. The fourth-order valence-corrected chi connectivity index (χ4v) is 2.01. The van der Waals surface area contributed by atoms with Crippen molar-refractivity contribution in [1.82, 2.24) is 15.0 Å². The third kappa shape index (κ3) is 2.74. The van der Waals surface area contributed by atoms with Crippen LogP contribution in [0.4, 0.5) is 10.2 Å². The van der Waals surface area contributed by atoms with Gasteiger partial charge in [-0.1, -0.05) is 12.1 Å². The summed E-state index contributed by atoms with van der Waals surface area (Å²) in [7, 11) is 1.57. The van der Waals surface area contributed by atoms with E-state index in [2.05, 4.69) is 20.3 Å². The number of hydrogen-bond donors (Lipinski definition) is 1. The molecule has 0 unspecified atom stereocenters. The van der Waals surface area contributed by atoms with E-state index < -0.39 is 0 Å². The molecule has 0 bridgehead atoms. The summed E-state index contributed by atoms with van der Waals surface area (Å²) >= 11 is 0. The van der Waals surface area contributed by atoms with Crippen molar-refractivity contribution < 1.29 is 9.13 Å². The Morgan fingerprint density at radius 2 is 2.05 bits per heavy atom. The number of pyridine rings is 1. The predicted octanol–water partition coefficient (Wildman–Crippen LogP) is 2.78. The first kappa shape index (κ1) is 13.2. The molecule has 1 aromatic carbocycles. The largest absolute Gasteiger partial charge is 0.481 e. The second-order valence-corrected chi connectivity index (χ2v) is 4.42. The molecule has 1 N–H and O–H groups in total. The summed E-state index contributed by atoms with van der Waals surface area (Å²) < 4.78 is 18.7. The Morgan fingerprint density at radius 3 is 2.81 bits per heavy atom. The van der Waals surface area contributed by atoms with E-state index in [9.17, 15) is 4.39 Å². The Morgan fingerprint density at radius 1 is 1.14 bits per heavy atom. The number of rotatable bonds is 4. The molecule has 0 saturated heterocycles. The summed E-state index contributed by atoms with van der Waals surface area (Å²) in [6.45, 7) is 0.527. The molecule has 2 heterocycles. The third-order valence-corrected chi connectivity index (χ3v) is 3.08. The quantitative estimate of drug-likeness (QED) is 0.798. The number of nitrogens with one attached hydrogen (secondary N) is 1. The number of aromatic nitrogens is 3. The molecule has 21 heavy (non-hydrogen) atoms. The maximum Gasteiger partial charge on any atom is 0.212 e. The SMILES string of the molecule is COc1ccc(CNc2ncnc3c(F)cccc23)cn1. The molecule has 2 aromatic heterocycles. The van der Waals surface area contributed by atoms with Crippen LogP contribution in [0.5, 0.6) is 5.88 Å². The Kier molecular flexibility index (Phi) is 3.59. The normalized spacial score (nSPS) is 10.6. The summed E-state index contributed by atoms with van der Waals surface area (Å²) in [4.78, 5) is 12.3.